The van der Waals surface area contributed by atoms with E-state index >= 15 is 0 Å². The van der Waals surface area contributed by atoms with Crippen LogP contribution >= 0.6 is 0 Å². The van der Waals surface area contributed by atoms with Crippen molar-refractivity contribution in [2.45, 2.75) is 70.2 Å². The molecule has 3 aromatic carbocycles. The molecule has 4 aromatic rings. The molecule has 4 aliphatic rings. The highest BCUT2D eigenvalue weighted by molar-refractivity contribution is 5.94. The van der Waals surface area contributed by atoms with E-state index in [4.69, 9.17) is 19.4 Å². The highest BCUT2D eigenvalue weighted by Gasteiger charge is 2.36. The zero-order valence-corrected chi connectivity index (χ0v) is 28.7. The van der Waals surface area contributed by atoms with Crippen molar-refractivity contribution in [3.63, 3.8) is 0 Å². The average molecular weight is 674 g/mol. The zero-order chi connectivity index (χ0) is 33.9. The lowest BCUT2D eigenvalue weighted by Gasteiger charge is -2.43. The molecule has 260 valence electrons. The second kappa shape index (κ2) is 14.9. The third kappa shape index (κ3) is 7.28. The number of likely N-dealkylation sites (tertiary alicyclic amines) is 1. The largest absolute Gasteiger partial charge is 0.462 e. The van der Waals surface area contributed by atoms with Gasteiger partial charge in [0.25, 0.3) is 0 Å². The summed E-state index contributed by atoms with van der Waals surface area (Å²) in [6.07, 6.45) is 5.03. The number of hydrogen-bond acceptors (Lipinski definition) is 10. The number of fused-ring (bicyclic) bond motifs is 2. The predicted molar refractivity (Wildman–Crippen MR) is 194 cm³/mol. The Bertz CT molecular complexity index is 1810. The van der Waals surface area contributed by atoms with Crippen LogP contribution in [-0.4, -0.2) is 89.2 Å². The molecule has 4 heterocycles. The van der Waals surface area contributed by atoms with E-state index in [-0.39, 0.29) is 12.5 Å². The maximum Gasteiger partial charge on any atom is 0.318 e. The molecule has 3 aliphatic heterocycles. The van der Waals surface area contributed by atoms with Crippen molar-refractivity contribution in [2.24, 2.45) is 5.92 Å². The molecule has 1 N–H and O–H groups in total. The van der Waals surface area contributed by atoms with Crippen molar-refractivity contribution in [3.05, 3.63) is 89.6 Å². The first-order chi connectivity index (χ1) is 24.6. The van der Waals surface area contributed by atoms with Crippen LogP contribution in [0.25, 0.3) is 10.8 Å². The summed E-state index contributed by atoms with van der Waals surface area (Å²) < 4.78 is 12.4. The molecular formula is C40H47N7O3. The summed E-state index contributed by atoms with van der Waals surface area (Å²) in [6.45, 7) is 6.46. The molecule has 50 heavy (non-hydrogen) atoms. The Balaban J connectivity index is 1.05. The van der Waals surface area contributed by atoms with Gasteiger partial charge in [0.2, 0.25) is 6.41 Å². The minimum absolute atomic E-state index is 0.222. The third-order valence-corrected chi connectivity index (χ3v) is 10.9. The lowest BCUT2D eigenvalue weighted by Crippen LogP contribution is -2.57. The van der Waals surface area contributed by atoms with E-state index in [9.17, 15) is 10.4 Å². The molecule has 0 amide bonds. The lowest BCUT2D eigenvalue weighted by molar-refractivity contribution is -0.213. The van der Waals surface area contributed by atoms with Gasteiger partial charge < -0.3 is 24.4 Å². The number of nitriles is 1. The number of nitrogens with zero attached hydrogens (tertiary/aromatic N) is 7. The minimum Gasteiger partial charge on any atom is -0.462 e. The molecule has 0 radical (unpaired) electrons. The van der Waals surface area contributed by atoms with Crippen LogP contribution in [0.2, 0.25) is 0 Å². The fourth-order valence-electron chi connectivity index (χ4n) is 8.01. The smallest absolute Gasteiger partial charge is 0.318 e. The van der Waals surface area contributed by atoms with Crippen LogP contribution in [-0.2, 0) is 24.3 Å². The summed E-state index contributed by atoms with van der Waals surface area (Å²) in [7, 11) is 0. The second-order valence-electron chi connectivity index (χ2n) is 14.3. The summed E-state index contributed by atoms with van der Waals surface area (Å²) in [4.78, 5) is 19.4. The van der Waals surface area contributed by atoms with Crippen molar-refractivity contribution < 1.29 is 14.6 Å². The highest BCUT2D eigenvalue weighted by Crippen LogP contribution is 2.36. The molecule has 2 saturated heterocycles. The van der Waals surface area contributed by atoms with Gasteiger partial charge in [0.1, 0.15) is 12.4 Å². The van der Waals surface area contributed by atoms with Crippen molar-refractivity contribution >= 4 is 22.3 Å². The van der Waals surface area contributed by atoms with E-state index in [1.807, 2.05) is 35.2 Å². The normalized spacial score (nSPS) is 22.0. The summed E-state index contributed by atoms with van der Waals surface area (Å²) in [6, 6.07) is 27.9. The van der Waals surface area contributed by atoms with Crippen LogP contribution in [0.3, 0.4) is 0 Å². The van der Waals surface area contributed by atoms with Gasteiger partial charge in [-0.15, -0.1) is 0 Å². The molecule has 8 rings (SSSR count). The summed E-state index contributed by atoms with van der Waals surface area (Å²) in [5, 5.41) is 23.4. The minimum atomic E-state index is -1.10. The molecular weight excluding hydrogens is 626 g/mol. The predicted octanol–water partition coefficient (Wildman–Crippen LogP) is 5.34. The first kappa shape index (κ1) is 32.9. The van der Waals surface area contributed by atoms with E-state index in [1.54, 1.807) is 0 Å². The Labute approximate surface area is 294 Å². The van der Waals surface area contributed by atoms with Crippen LogP contribution in [0.4, 0.5) is 11.5 Å². The zero-order valence-electron chi connectivity index (χ0n) is 28.7. The van der Waals surface area contributed by atoms with Crippen LogP contribution in [0, 0.1) is 17.2 Å². The van der Waals surface area contributed by atoms with Gasteiger partial charge in [0.15, 0.2) is 0 Å². The van der Waals surface area contributed by atoms with Crippen molar-refractivity contribution in [1.29, 1.82) is 5.26 Å². The van der Waals surface area contributed by atoms with Gasteiger partial charge in [-0.3, -0.25) is 4.90 Å². The first-order valence-electron chi connectivity index (χ1n) is 18.3. The molecule has 1 aromatic heterocycles. The maximum absolute atomic E-state index is 11.1. The van der Waals surface area contributed by atoms with Gasteiger partial charge in [-0.25, -0.2) is 4.90 Å². The van der Waals surface area contributed by atoms with E-state index in [1.165, 1.54) is 42.3 Å². The third-order valence-electron chi connectivity index (χ3n) is 10.9. The van der Waals surface area contributed by atoms with Crippen LogP contribution in [0.15, 0.2) is 72.8 Å². The summed E-state index contributed by atoms with van der Waals surface area (Å²) >= 11 is 0. The number of aromatic nitrogens is 2. The van der Waals surface area contributed by atoms with E-state index in [0.717, 1.165) is 54.5 Å². The number of piperazine rings is 1. The number of hydrogen-bond donors (Lipinski definition) is 1. The van der Waals surface area contributed by atoms with Crippen molar-refractivity contribution in [1.82, 2.24) is 19.8 Å². The molecule has 1 saturated carbocycles. The van der Waals surface area contributed by atoms with Gasteiger partial charge in [-0.2, -0.15) is 15.2 Å². The summed E-state index contributed by atoms with van der Waals surface area (Å²) in [5.41, 5.74) is 4.35. The Morgan fingerprint density at radius 2 is 1.72 bits per heavy atom. The first-order valence-corrected chi connectivity index (χ1v) is 18.3. The van der Waals surface area contributed by atoms with E-state index in [2.05, 4.69) is 63.2 Å². The molecule has 0 bridgehead atoms. The molecule has 3 fully saturated rings. The quantitative estimate of drug-likeness (QED) is 0.198. The number of rotatable bonds is 12. The van der Waals surface area contributed by atoms with Crippen LogP contribution in [0.1, 0.15) is 48.9 Å². The standard InChI is InChI=1S/C40H47N7O3/c41-19-17-32-25-46(22-23-47(32)40(48)50-27-30-8-2-1-3-9-30)38-35-18-21-45(37-14-6-11-31-10-4-5-13-34(31)37)26-36(35)42-39(43-38)49-28-33-12-7-20-44(33)24-29-15-16-29/h1-6,8-11,13-14,29,32-33,40,48H,7,12,15-18,20-28H2/t32?,33-,40?/m0/s1. The number of benzene rings is 3. The average Bonchev–Trinajstić information content (AvgIpc) is 3.87. The van der Waals surface area contributed by atoms with Gasteiger partial charge in [0.05, 0.1) is 31.3 Å². The van der Waals surface area contributed by atoms with E-state index in [0.29, 0.717) is 51.4 Å². The van der Waals surface area contributed by atoms with Gasteiger partial charge in [0, 0.05) is 61.4 Å². The highest BCUT2D eigenvalue weighted by atomic mass is 16.6. The van der Waals surface area contributed by atoms with Crippen LogP contribution in [0.5, 0.6) is 6.01 Å². The number of anilines is 2. The van der Waals surface area contributed by atoms with Crippen molar-refractivity contribution in [2.75, 3.05) is 55.7 Å². The second-order valence-corrected chi connectivity index (χ2v) is 14.3. The SMILES string of the molecule is N#CCC1CN(c2nc(OC[C@@H]3CCCN3CC3CC3)nc3c2CCN(c2cccc4ccccc24)C3)CCN1C(O)OCc1ccccc1. The van der Waals surface area contributed by atoms with Gasteiger partial charge >= 0.3 is 6.01 Å². The fraction of sp³-hybridized carbons (Fsp3) is 0.475. The molecule has 10 heteroatoms. The van der Waals surface area contributed by atoms with Crippen LogP contribution < -0.4 is 14.5 Å². The number of ether oxygens (including phenoxy) is 2. The Morgan fingerprint density at radius 3 is 2.58 bits per heavy atom. The van der Waals surface area contributed by atoms with E-state index < -0.39 is 6.41 Å². The van der Waals surface area contributed by atoms with Gasteiger partial charge in [-0.05, 0) is 61.6 Å². The van der Waals surface area contributed by atoms with Gasteiger partial charge in [-0.1, -0.05) is 66.7 Å². The summed E-state index contributed by atoms with van der Waals surface area (Å²) in [5.74, 6) is 1.75. The fourth-order valence-corrected chi connectivity index (χ4v) is 8.01. The molecule has 0 spiro atoms. The molecule has 10 nitrogen and oxygen atoms in total. The Hall–Kier alpha value is -4.27. The Kier molecular flexibility index (Phi) is 9.82. The van der Waals surface area contributed by atoms with Crippen molar-refractivity contribution in [3.8, 4) is 12.1 Å². The Morgan fingerprint density at radius 1 is 0.880 bits per heavy atom. The monoisotopic (exact) mass is 673 g/mol. The molecule has 1 aliphatic carbocycles. The lowest BCUT2D eigenvalue weighted by atomic mass is 10.0. The molecule has 3 atom stereocenters. The number of aliphatic hydroxyl groups excluding tert-OH is 1. The topological polar surface area (TPSA) is 101 Å². The molecule has 2 unspecified atom stereocenters. The number of aliphatic hydroxyl groups is 1. The maximum atomic E-state index is 11.1.